The summed E-state index contributed by atoms with van der Waals surface area (Å²) in [4.78, 5) is 2.51. The van der Waals surface area contributed by atoms with Crippen molar-refractivity contribution in [2.75, 3.05) is 46.1 Å². The Morgan fingerprint density at radius 2 is 0.831 bits per heavy atom. The molecule has 1 atom stereocenters. The first-order valence-electron chi connectivity index (χ1n) is 25.5. The van der Waals surface area contributed by atoms with E-state index in [0.717, 1.165) is 97.1 Å². The lowest BCUT2D eigenvalue weighted by Gasteiger charge is -2.29. The van der Waals surface area contributed by atoms with Gasteiger partial charge in [-0.05, 0) is 155 Å². The summed E-state index contributed by atoms with van der Waals surface area (Å²) in [6.07, 6.45) is 56.8. The summed E-state index contributed by atoms with van der Waals surface area (Å²) < 4.78 is 19.5. The van der Waals surface area contributed by atoms with Crippen LogP contribution in [-0.2, 0) is 13.6 Å². The Bertz CT molecular complexity index is 928. The first-order valence-corrected chi connectivity index (χ1v) is 28.3. The number of nitrogens with zero attached hydrogens (tertiary/aromatic N) is 1. The molecule has 0 aromatic carbocycles. The minimum Gasteiger partial charge on any atom is -0.396 e. The van der Waals surface area contributed by atoms with E-state index in [4.69, 9.17) is 23.8 Å². The third kappa shape index (κ3) is 46.3. The van der Waals surface area contributed by atoms with Crippen molar-refractivity contribution in [1.29, 1.82) is 0 Å². The van der Waals surface area contributed by atoms with Crippen LogP contribution in [0.2, 0.25) is 13.1 Å². The van der Waals surface area contributed by atoms with Crippen molar-refractivity contribution in [3.8, 4) is 0 Å². The van der Waals surface area contributed by atoms with E-state index < -0.39 is 8.56 Å². The van der Waals surface area contributed by atoms with Gasteiger partial charge in [0, 0.05) is 26.4 Å². The molecule has 348 valence electrons. The summed E-state index contributed by atoms with van der Waals surface area (Å²) >= 11 is 0. The summed E-state index contributed by atoms with van der Waals surface area (Å²) in [7, 11) is -2.31. The van der Waals surface area contributed by atoms with Crippen LogP contribution in [0.15, 0.2) is 48.6 Å². The van der Waals surface area contributed by atoms with E-state index in [9.17, 15) is 0 Å². The molecule has 0 amide bonds. The van der Waals surface area contributed by atoms with E-state index >= 15 is 0 Å². The van der Waals surface area contributed by atoms with Crippen LogP contribution in [0.3, 0.4) is 0 Å². The molecule has 59 heavy (non-hydrogen) atoms. The maximum Gasteiger partial charge on any atom is 0.333 e. The highest BCUT2D eigenvalue weighted by molar-refractivity contribution is 6.64. The Hall–Kier alpha value is -1.06. The van der Waals surface area contributed by atoms with Gasteiger partial charge in [-0.15, -0.1) is 0 Å². The molecule has 0 bridgehead atoms. The summed E-state index contributed by atoms with van der Waals surface area (Å²) in [5, 5.41) is 18.3. The van der Waals surface area contributed by atoms with Gasteiger partial charge in [-0.25, -0.2) is 0 Å². The first-order chi connectivity index (χ1) is 29.0. The smallest absolute Gasteiger partial charge is 0.333 e. The number of ether oxygens (including phenoxy) is 1. The van der Waals surface area contributed by atoms with Crippen LogP contribution in [0.5, 0.6) is 0 Å². The van der Waals surface area contributed by atoms with Gasteiger partial charge in [-0.3, -0.25) is 0 Å². The normalized spacial score (nSPS) is 13.2. The van der Waals surface area contributed by atoms with Crippen molar-refractivity contribution in [1.82, 2.24) is 4.90 Å². The lowest BCUT2D eigenvalue weighted by Crippen LogP contribution is -2.40. The van der Waals surface area contributed by atoms with E-state index in [1.165, 1.54) is 141 Å². The fourth-order valence-electron chi connectivity index (χ4n) is 7.29. The lowest BCUT2D eigenvalue weighted by molar-refractivity contribution is -0.104. The fraction of sp³-hybridized carbons (Fsp3) is 0.846. The minimum atomic E-state index is -2.31. The van der Waals surface area contributed by atoms with Crippen molar-refractivity contribution < 1.29 is 23.8 Å². The average molecular weight is 848 g/mol. The number of rotatable bonds is 48. The molecule has 0 fully saturated rings. The summed E-state index contributed by atoms with van der Waals surface area (Å²) in [6, 6.07) is 0. The maximum absolute atomic E-state index is 9.17. The van der Waals surface area contributed by atoms with E-state index in [-0.39, 0.29) is 19.5 Å². The third-order valence-electron chi connectivity index (χ3n) is 11.0. The van der Waals surface area contributed by atoms with Crippen LogP contribution < -0.4 is 0 Å². The van der Waals surface area contributed by atoms with E-state index in [2.05, 4.69) is 80.4 Å². The standard InChI is InChI=1S/C52H101NO5Si/c1-5-7-9-11-13-15-17-19-21-23-25-27-29-31-34-42-50-56-52(44-36-32-30-28-26-24-22-20-18-16-14-12-10-8-6-2)58-59(3,4)57-51-43-35-33-37-45-53(46-38-40-48-54)47-39-41-49-55/h13-16,19-22,52,54-55H,5-12,17-18,23-51H2,1-4H3/b15-13-,16-14-,21-19-,22-20-. The molecule has 0 radical (unpaired) electrons. The van der Waals surface area contributed by atoms with E-state index in [1.807, 2.05) is 0 Å². The Balaban J connectivity index is 4.50. The molecule has 2 N–H and O–H groups in total. The molecule has 1 unspecified atom stereocenters. The second kappa shape index (κ2) is 48.0. The molecule has 0 saturated heterocycles. The number of aliphatic hydroxyl groups is 2. The first kappa shape index (κ1) is 57.9. The third-order valence-corrected chi connectivity index (χ3v) is 12.8. The number of aliphatic hydroxyl groups excluding tert-OH is 2. The summed E-state index contributed by atoms with van der Waals surface area (Å²) in [5.74, 6) is 0. The lowest BCUT2D eigenvalue weighted by atomic mass is 10.1. The summed E-state index contributed by atoms with van der Waals surface area (Å²) in [6.45, 7) is 14.2. The molecule has 0 aliphatic rings. The van der Waals surface area contributed by atoms with Crippen molar-refractivity contribution in [2.45, 2.75) is 239 Å². The molecule has 0 saturated carbocycles. The molecule has 0 heterocycles. The van der Waals surface area contributed by atoms with Gasteiger partial charge >= 0.3 is 8.56 Å². The maximum atomic E-state index is 9.17. The zero-order chi connectivity index (χ0) is 43.0. The van der Waals surface area contributed by atoms with E-state index in [0.29, 0.717) is 0 Å². The van der Waals surface area contributed by atoms with Crippen molar-refractivity contribution in [3.63, 3.8) is 0 Å². The molecule has 0 aromatic rings. The Kier molecular flexibility index (Phi) is 47.1. The molecule has 0 aliphatic heterocycles. The molecule has 0 spiro atoms. The van der Waals surface area contributed by atoms with Gasteiger partial charge in [-0.1, -0.05) is 146 Å². The predicted octanol–water partition coefficient (Wildman–Crippen LogP) is 15.1. The van der Waals surface area contributed by atoms with Gasteiger partial charge in [0.1, 0.15) is 6.29 Å². The molecular formula is C52H101NO5Si. The number of hydrogen-bond acceptors (Lipinski definition) is 6. The Morgan fingerprint density at radius 3 is 1.31 bits per heavy atom. The van der Waals surface area contributed by atoms with Crippen LogP contribution in [-0.4, -0.2) is 76.0 Å². The van der Waals surface area contributed by atoms with E-state index in [1.54, 1.807) is 0 Å². The van der Waals surface area contributed by atoms with Crippen molar-refractivity contribution >= 4 is 8.56 Å². The van der Waals surface area contributed by atoms with Gasteiger partial charge in [-0.2, -0.15) is 0 Å². The highest BCUT2D eigenvalue weighted by Gasteiger charge is 2.29. The van der Waals surface area contributed by atoms with Gasteiger partial charge in [0.15, 0.2) is 0 Å². The SMILES string of the molecule is CCCCC/C=C\C/C=C\CCCCCCCCOC(CCCCCCC/C=C\C/C=C\CCCCC)O[Si](C)(C)OCCCCCCN(CCCCO)CCCCO. The quantitative estimate of drug-likeness (QED) is 0.0275. The number of allylic oxidation sites excluding steroid dienone is 8. The Labute approximate surface area is 369 Å². The topological polar surface area (TPSA) is 71.4 Å². The number of hydrogen-bond donors (Lipinski definition) is 2. The molecule has 0 rings (SSSR count). The fourth-order valence-corrected chi connectivity index (χ4v) is 8.82. The molecule has 0 aromatic heterocycles. The highest BCUT2D eigenvalue weighted by Crippen LogP contribution is 2.19. The largest absolute Gasteiger partial charge is 0.396 e. The van der Waals surface area contributed by atoms with Crippen LogP contribution in [0.1, 0.15) is 219 Å². The van der Waals surface area contributed by atoms with Gasteiger partial charge < -0.3 is 28.7 Å². The number of unbranched alkanes of at least 4 members (excludes halogenated alkanes) is 22. The zero-order valence-corrected chi connectivity index (χ0v) is 40.8. The van der Waals surface area contributed by atoms with Crippen molar-refractivity contribution in [2.24, 2.45) is 0 Å². The average Bonchev–Trinajstić information content (AvgIpc) is 3.22. The van der Waals surface area contributed by atoms with Gasteiger partial charge in [0.2, 0.25) is 0 Å². The Morgan fingerprint density at radius 1 is 0.441 bits per heavy atom. The molecule has 0 aliphatic carbocycles. The zero-order valence-electron chi connectivity index (χ0n) is 39.8. The second-order valence-electron chi connectivity index (χ2n) is 17.4. The van der Waals surface area contributed by atoms with Crippen molar-refractivity contribution in [3.05, 3.63) is 48.6 Å². The molecule has 6 nitrogen and oxygen atoms in total. The van der Waals surface area contributed by atoms with Gasteiger partial charge in [0.25, 0.3) is 0 Å². The second-order valence-corrected chi connectivity index (χ2v) is 20.7. The summed E-state index contributed by atoms with van der Waals surface area (Å²) in [5.41, 5.74) is 0. The molecular weight excluding hydrogens is 747 g/mol. The monoisotopic (exact) mass is 848 g/mol. The molecule has 7 heteroatoms. The van der Waals surface area contributed by atoms with Crippen LogP contribution in [0.4, 0.5) is 0 Å². The van der Waals surface area contributed by atoms with Gasteiger partial charge in [0.05, 0.1) is 0 Å². The van der Waals surface area contributed by atoms with Crippen LogP contribution in [0, 0.1) is 0 Å². The predicted molar refractivity (Wildman–Crippen MR) is 261 cm³/mol. The van der Waals surface area contributed by atoms with Crippen LogP contribution >= 0.6 is 0 Å². The van der Waals surface area contributed by atoms with Crippen LogP contribution in [0.25, 0.3) is 0 Å². The minimum absolute atomic E-state index is 0.157. The highest BCUT2D eigenvalue weighted by atomic mass is 28.4.